The third-order valence-electron chi connectivity index (χ3n) is 1.83. The van der Waals surface area contributed by atoms with Crippen molar-refractivity contribution >= 4 is 23.9 Å². The Morgan fingerprint density at radius 1 is 1.11 bits per heavy atom. The fourth-order valence-electron chi connectivity index (χ4n) is 1.05. The van der Waals surface area contributed by atoms with Crippen LogP contribution in [0.4, 0.5) is 0 Å². The van der Waals surface area contributed by atoms with Crippen LogP contribution in [0.2, 0.25) is 0 Å². The molecule has 0 saturated carbocycles. The van der Waals surface area contributed by atoms with Gasteiger partial charge in [0.1, 0.15) is 0 Å². The number of carboxylic acid groups (broad SMARTS) is 2. The summed E-state index contributed by atoms with van der Waals surface area (Å²) in [7, 11) is 1.42. The second-order valence-electron chi connectivity index (χ2n) is 3.46. The van der Waals surface area contributed by atoms with Crippen LogP contribution in [0.1, 0.15) is 12.8 Å². The lowest BCUT2D eigenvalue weighted by Crippen LogP contribution is -2.43. The molecule has 0 aliphatic heterocycles. The highest BCUT2D eigenvalue weighted by molar-refractivity contribution is 5.92. The number of ether oxygens (including phenoxy) is 1. The Balaban J connectivity index is 4.60. The number of rotatable bonds is 7. The zero-order chi connectivity index (χ0) is 14.3. The maximum atomic E-state index is 11.1. The van der Waals surface area contributed by atoms with E-state index >= 15 is 0 Å². The van der Waals surface area contributed by atoms with Crippen LogP contribution in [0.3, 0.4) is 0 Å². The average Bonchev–Trinajstić information content (AvgIpc) is 2.15. The molecule has 0 aromatic carbocycles. The summed E-state index contributed by atoms with van der Waals surface area (Å²) in [5.74, 6) is -5.77. The molecule has 9 heteroatoms. The van der Waals surface area contributed by atoms with Gasteiger partial charge >= 0.3 is 23.9 Å². The van der Waals surface area contributed by atoms with Crippen LogP contribution in [0.25, 0.3) is 0 Å². The molecule has 4 N–H and O–H groups in total. The number of hydrogen-bond donors (Lipinski definition) is 4. The Labute approximate surface area is 101 Å². The first kappa shape index (κ1) is 16.0. The summed E-state index contributed by atoms with van der Waals surface area (Å²) in [6.45, 7) is -0.282. The minimum absolute atomic E-state index is 0.282. The molecule has 102 valence electrons. The fraction of sp³-hybridized carbons (Fsp3) is 0.556. The van der Waals surface area contributed by atoms with Gasteiger partial charge in [-0.05, 0) is 7.05 Å². The minimum Gasteiger partial charge on any atom is -0.481 e. The van der Waals surface area contributed by atoms with E-state index in [9.17, 15) is 24.3 Å². The van der Waals surface area contributed by atoms with Crippen LogP contribution in [0.15, 0.2) is 0 Å². The number of likely N-dealkylation sites (N-methyl/N-ethyl adjacent to an activating group) is 1. The number of aliphatic hydroxyl groups is 1. The van der Waals surface area contributed by atoms with E-state index in [1.54, 1.807) is 0 Å². The van der Waals surface area contributed by atoms with Crippen molar-refractivity contribution in [1.82, 2.24) is 5.32 Å². The highest BCUT2D eigenvalue weighted by atomic mass is 16.6. The van der Waals surface area contributed by atoms with Gasteiger partial charge in [-0.1, -0.05) is 0 Å². The molecule has 1 atom stereocenters. The van der Waals surface area contributed by atoms with Gasteiger partial charge < -0.3 is 25.4 Å². The zero-order valence-electron chi connectivity index (χ0n) is 9.50. The number of hydrogen-bond acceptors (Lipinski definition) is 7. The van der Waals surface area contributed by atoms with Crippen molar-refractivity contribution in [2.24, 2.45) is 0 Å². The molecule has 0 aromatic rings. The second kappa shape index (κ2) is 6.67. The van der Waals surface area contributed by atoms with E-state index in [0.29, 0.717) is 0 Å². The first-order valence-corrected chi connectivity index (χ1v) is 4.77. The standard InChI is InChI=1S/C9H13NO8/c1-10-4-7(14)18-6(13)3-9(17,8(15)16)2-5(11)12/h10,17H,2-4H2,1H3,(H,11,12)(H,15,16). The molecule has 0 rings (SSSR count). The van der Waals surface area contributed by atoms with Crippen molar-refractivity contribution in [3.05, 3.63) is 0 Å². The van der Waals surface area contributed by atoms with Gasteiger partial charge in [-0.15, -0.1) is 0 Å². The molecule has 0 radical (unpaired) electrons. The molecule has 9 nitrogen and oxygen atoms in total. The highest BCUT2D eigenvalue weighted by Crippen LogP contribution is 2.16. The SMILES string of the molecule is CNCC(=O)OC(=O)CC(O)(CC(=O)O)C(=O)O. The molecule has 0 aromatic heterocycles. The van der Waals surface area contributed by atoms with Crippen molar-refractivity contribution in [2.45, 2.75) is 18.4 Å². The molecule has 1 unspecified atom stereocenters. The van der Waals surface area contributed by atoms with Gasteiger partial charge in [0.25, 0.3) is 0 Å². The van der Waals surface area contributed by atoms with Crippen molar-refractivity contribution in [3.8, 4) is 0 Å². The van der Waals surface area contributed by atoms with Crippen molar-refractivity contribution in [1.29, 1.82) is 0 Å². The topological polar surface area (TPSA) is 150 Å². The third-order valence-corrected chi connectivity index (χ3v) is 1.83. The van der Waals surface area contributed by atoms with Gasteiger partial charge in [0.15, 0.2) is 5.60 Å². The molecule has 0 fully saturated rings. The lowest BCUT2D eigenvalue weighted by molar-refractivity contribution is -0.174. The van der Waals surface area contributed by atoms with Crippen molar-refractivity contribution < 1.29 is 39.2 Å². The summed E-state index contributed by atoms with van der Waals surface area (Å²) in [5.41, 5.74) is -2.80. The first-order valence-electron chi connectivity index (χ1n) is 4.77. The summed E-state index contributed by atoms with van der Waals surface area (Å²) < 4.78 is 4.16. The van der Waals surface area contributed by atoms with Crippen LogP contribution in [-0.2, 0) is 23.9 Å². The number of carbonyl (C=O) groups excluding carboxylic acids is 2. The summed E-state index contributed by atoms with van der Waals surface area (Å²) in [5, 5.41) is 28.9. The number of esters is 2. The van der Waals surface area contributed by atoms with E-state index in [4.69, 9.17) is 10.2 Å². The number of nitrogens with one attached hydrogen (secondary N) is 1. The second-order valence-corrected chi connectivity index (χ2v) is 3.46. The quantitative estimate of drug-likeness (QED) is 0.300. The third kappa shape index (κ3) is 5.37. The summed E-state index contributed by atoms with van der Waals surface area (Å²) in [4.78, 5) is 43.1. The zero-order valence-corrected chi connectivity index (χ0v) is 9.50. The number of carboxylic acids is 2. The Morgan fingerprint density at radius 2 is 1.67 bits per heavy atom. The summed E-state index contributed by atoms with van der Waals surface area (Å²) in [6.07, 6.45) is -2.32. The molecule has 0 saturated heterocycles. The number of aliphatic carboxylic acids is 2. The first-order chi connectivity index (χ1) is 8.21. The maximum Gasteiger partial charge on any atom is 0.336 e. The van der Waals surface area contributed by atoms with Crippen LogP contribution >= 0.6 is 0 Å². The normalized spacial score (nSPS) is 13.4. The van der Waals surface area contributed by atoms with Crippen LogP contribution in [0, 0.1) is 0 Å². The average molecular weight is 263 g/mol. The van der Waals surface area contributed by atoms with Gasteiger partial charge in [0, 0.05) is 0 Å². The Bertz CT molecular complexity index is 366. The van der Waals surface area contributed by atoms with E-state index in [2.05, 4.69) is 10.1 Å². The largest absolute Gasteiger partial charge is 0.481 e. The van der Waals surface area contributed by atoms with Gasteiger partial charge in [-0.3, -0.25) is 14.4 Å². The lowest BCUT2D eigenvalue weighted by atomic mass is 9.96. The van der Waals surface area contributed by atoms with Gasteiger partial charge in [0.05, 0.1) is 19.4 Å². The van der Waals surface area contributed by atoms with E-state index in [-0.39, 0.29) is 6.54 Å². The predicted octanol–water partition coefficient (Wildman–Crippen LogP) is -2.04. The van der Waals surface area contributed by atoms with E-state index < -0.39 is 42.3 Å². The molecule has 0 aliphatic carbocycles. The van der Waals surface area contributed by atoms with Crippen LogP contribution in [0.5, 0.6) is 0 Å². The van der Waals surface area contributed by atoms with Crippen LogP contribution in [-0.4, -0.2) is 58.4 Å². The molecule has 18 heavy (non-hydrogen) atoms. The molecule has 0 heterocycles. The van der Waals surface area contributed by atoms with Gasteiger partial charge in [0.2, 0.25) is 0 Å². The minimum atomic E-state index is -2.80. The molecule has 0 amide bonds. The smallest absolute Gasteiger partial charge is 0.336 e. The fourth-order valence-corrected chi connectivity index (χ4v) is 1.05. The Morgan fingerprint density at radius 3 is 2.06 bits per heavy atom. The highest BCUT2D eigenvalue weighted by Gasteiger charge is 2.41. The molecular weight excluding hydrogens is 250 g/mol. The Kier molecular flexibility index (Phi) is 5.93. The number of carbonyl (C=O) groups is 4. The van der Waals surface area contributed by atoms with Crippen LogP contribution < -0.4 is 5.32 Å². The van der Waals surface area contributed by atoms with Gasteiger partial charge in [-0.25, -0.2) is 4.79 Å². The summed E-state index contributed by atoms with van der Waals surface area (Å²) >= 11 is 0. The Hall–Kier alpha value is -2.00. The predicted molar refractivity (Wildman–Crippen MR) is 54.5 cm³/mol. The molecular formula is C9H13NO8. The lowest BCUT2D eigenvalue weighted by Gasteiger charge is -2.19. The van der Waals surface area contributed by atoms with Crippen molar-refractivity contribution in [2.75, 3.05) is 13.6 Å². The van der Waals surface area contributed by atoms with E-state index in [1.807, 2.05) is 0 Å². The van der Waals surface area contributed by atoms with E-state index in [0.717, 1.165) is 0 Å². The van der Waals surface area contributed by atoms with Crippen molar-refractivity contribution in [3.63, 3.8) is 0 Å². The maximum absolute atomic E-state index is 11.1. The molecule has 0 bridgehead atoms. The molecule has 0 spiro atoms. The van der Waals surface area contributed by atoms with Gasteiger partial charge in [-0.2, -0.15) is 0 Å². The monoisotopic (exact) mass is 263 g/mol. The molecule has 0 aliphatic rings. The van der Waals surface area contributed by atoms with E-state index in [1.165, 1.54) is 7.05 Å². The summed E-state index contributed by atoms with van der Waals surface area (Å²) in [6, 6.07) is 0.